The van der Waals surface area contributed by atoms with E-state index in [1.54, 1.807) is 0 Å². The van der Waals surface area contributed by atoms with Crippen LogP contribution in [0.15, 0.2) is 6.20 Å². The number of halogens is 1. The first-order valence-electron chi connectivity index (χ1n) is 4.49. The highest BCUT2D eigenvalue weighted by Crippen LogP contribution is 2.25. The average Bonchev–Trinajstić information content (AvgIpc) is 2.46. The van der Waals surface area contributed by atoms with E-state index in [0.717, 1.165) is 10.5 Å². The molecule has 66 valence electrons. The molecule has 0 N–H and O–H groups in total. The Morgan fingerprint density at radius 3 is 3.33 bits per heavy atom. The second kappa shape index (κ2) is 3.36. The molecule has 0 aliphatic heterocycles. The molecule has 12 heavy (non-hydrogen) atoms. The highest BCUT2D eigenvalue weighted by molar-refractivity contribution is 14.1. The lowest BCUT2D eigenvalue weighted by Crippen LogP contribution is -2.15. The summed E-state index contributed by atoms with van der Waals surface area (Å²) in [5.41, 5.74) is 2.95. The molecule has 2 rings (SSSR count). The Bertz CT molecular complexity index is 280. The third-order valence-corrected chi connectivity index (χ3v) is 3.53. The Morgan fingerprint density at radius 1 is 1.75 bits per heavy atom. The minimum Gasteiger partial charge on any atom is -0.270 e. The van der Waals surface area contributed by atoms with Crippen LogP contribution in [0.3, 0.4) is 0 Å². The van der Waals surface area contributed by atoms with Gasteiger partial charge < -0.3 is 0 Å². The molecule has 0 amide bonds. The molecule has 0 bridgehead atoms. The molecule has 1 heterocycles. The number of rotatable bonds is 1. The summed E-state index contributed by atoms with van der Waals surface area (Å²) in [6.07, 6.45) is 5.80. The van der Waals surface area contributed by atoms with Crippen LogP contribution in [0, 0.1) is 0 Å². The highest BCUT2D eigenvalue weighted by atomic mass is 127. The molecule has 1 aliphatic carbocycles. The zero-order valence-electron chi connectivity index (χ0n) is 7.26. The molecule has 0 radical (unpaired) electrons. The fraction of sp³-hybridized carbons (Fsp3) is 0.667. The van der Waals surface area contributed by atoms with Crippen molar-refractivity contribution in [2.75, 3.05) is 0 Å². The van der Waals surface area contributed by atoms with Gasteiger partial charge in [0.2, 0.25) is 0 Å². The lowest BCUT2D eigenvalue weighted by atomic mass is 9.98. The topological polar surface area (TPSA) is 17.8 Å². The Balaban J connectivity index is 2.32. The third-order valence-electron chi connectivity index (χ3n) is 2.47. The van der Waals surface area contributed by atoms with Crippen LogP contribution in [0.5, 0.6) is 0 Å². The van der Waals surface area contributed by atoms with Gasteiger partial charge in [-0.05, 0) is 31.7 Å². The largest absolute Gasteiger partial charge is 0.270 e. The van der Waals surface area contributed by atoms with E-state index in [9.17, 15) is 0 Å². The fourth-order valence-electron chi connectivity index (χ4n) is 1.82. The number of hydrogen-bond donors (Lipinski definition) is 0. The lowest BCUT2D eigenvalue weighted by molar-refractivity contribution is 0.591. The van der Waals surface area contributed by atoms with Gasteiger partial charge in [-0.25, -0.2) is 0 Å². The smallest absolute Gasteiger partial charge is 0.0525 e. The summed E-state index contributed by atoms with van der Waals surface area (Å²) >= 11 is 2.54. The summed E-state index contributed by atoms with van der Waals surface area (Å²) in [6.45, 7) is 3.17. The minimum absolute atomic E-state index is 0.824. The van der Waals surface area contributed by atoms with Gasteiger partial charge in [0.15, 0.2) is 0 Å². The van der Waals surface area contributed by atoms with E-state index in [-0.39, 0.29) is 0 Å². The second-order valence-corrected chi connectivity index (χ2v) is 5.03. The van der Waals surface area contributed by atoms with E-state index in [4.69, 9.17) is 0 Å². The van der Waals surface area contributed by atoms with E-state index in [1.807, 2.05) is 6.20 Å². The lowest BCUT2D eigenvalue weighted by Gasteiger charge is -2.17. The van der Waals surface area contributed by atoms with Crippen molar-refractivity contribution in [1.29, 1.82) is 0 Å². The van der Waals surface area contributed by atoms with Crippen molar-refractivity contribution in [3.63, 3.8) is 0 Å². The van der Waals surface area contributed by atoms with Crippen LogP contribution in [0.4, 0.5) is 0 Å². The van der Waals surface area contributed by atoms with E-state index < -0.39 is 0 Å². The number of alkyl halides is 1. The van der Waals surface area contributed by atoms with Gasteiger partial charge in [0.05, 0.1) is 6.20 Å². The van der Waals surface area contributed by atoms with Crippen molar-refractivity contribution in [2.45, 2.75) is 36.7 Å². The molecule has 3 heteroatoms. The van der Waals surface area contributed by atoms with Crippen LogP contribution in [0.2, 0.25) is 0 Å². The Morgan fingerprint density at radius 2 is 2.58 bits per heavy atom. The molecule has 0 spiro atoms. The Labute approximate surface area is 86.5 Å². The molecule has 0 unspecified atom stereocenters. The van der Waals surface area contributed by atoms with Crippen LogP contribution in [-0.2, 0) is 19.4 Å². The van der Waals surface area contributed by atoms with Crippen LogP contribution >= 0.6 is 22.6 Å². The third kappa shape index (κ3) is 1.39. The number of fused-ring (bicyclic) bond motifs is 1. The summed E-state index contributed by atoms with van der Waals surface area (Å²) < 4.78 is 2.96. The van der Waals surface area contributed by atoms with Crippen molar-refractivity contribution in [2.24, 2.45) is 0 Å². The van der Waals surface area contributed by atoms with Gasteiger partial charge in [-0.1, -0.05) is 22.6 Å². The van der Waals surface area contributed by atoms with Crippen LogP contribution in [-0.4, -0.2) is 13.7 Å². The molecule has 0 saturated carbocycles. The molecule has 1 aliphatic rings. The minimum atomic E-state index is 0.824. The number of hydrogen-bond acceptors (Lipinski definition) is 1. The van der Waals surface area contributed by atoms with Gasteiger partial charge >= 0.3 is 0 Å². The highest BCUT2D eigenvalue weighted by Gasteiger charge is 2.19. The first kappa shape index (κ1) is 8.53. The van der Waals surface area contributed by atoms with Crippen molar-refractivity contribution >= 4 is 22.6 Å². The fourth-order valence-corrected chi connectivity index (χ4v) is 2.60. The SMILES string of the molecule is CCn1ncc2c1CC[C@@H](I)C2. The van der Waals surface area contributed by atoms with Gasteiger partial charge in [-0.3, -0.25) is 4.68 Å². The quantitative estimate of drug-likeness (QED) is 0.568. The Kier molecular flexibility index (Phi) is 2.39. The van der Waals surface area contributed by atoms with Crippen LogP contribution in [0.25, 0.3) is 0 Å². The first-order chi connectivity index (χ1) is 5.81. The Hall–Kier alpha value is -0.0600. The first-order valence-corrected chi connectivity index (χ1v) is 5.73. The maximum Gasteiger partial charge on any atom is 0.0525 e. The second-order valence-electron chi connectivity index (χ2n) is 3.27. The predicted octanol–water partition coefficient (Wildman–Crippen LogP) is 2.20. The van der Waals surface area contributed by atoms with Crippen molar-refractivity contribution in [1.82, 2.24) is 9.78 Å². The summed E-state index contributed by atoms with van der Waals surface area (Å²) in [6, 6.07) is 0. The normalized spacial score (nSPS) is 22.3. The van der Waals surface area contributed by atoms with Gasteiger partial charge in [-0.15, -0.1) is 0 Å². The van der Waals surface area contributed by atoms with Gasteiger partial charge in [0.25, 0.3) is 0 Å². The van der Waals surface area contributed by atoms with Crippen molar-refractivity contribution < 1.29 is 0 Å². The summed E-state index contributed by atoms with van der Waals surface area (Å²) in [5, 5.41) is 4.36. The van der Waals surface area contributed by atoms with Crippen LogP contribution in [0.1, 0.15) is 24.6 Å². The molecule has 0 aromatic carbocycles. The average molecular weight is 276 g/mol. The molecule has 1 atom stereocenters. The molecular formula is C9H13IN2. The summed E-state index contributed by atoms with van der Waals surface area (Å²) in [7, 11) is 0. The zero-order chi connectivity index (χ0) is 8.55. The number of nitrogens with zero attached hydrogens (tertiary/aromatic N) is 2. The predicted molar refractivity (Wildman–Crippen MR) is 57.7 cm³/mol. The van der Waals surface area contributed by atoms with E-state index >= 15 is 0 Å². The van der Waals surface area contributed by atoms with Gasteiger partial charge in [0, 0.05) is 16.2 Å². The van der Waals surface area contributed by atoms with Gasteiger partial charge in [-0.2, -0.15) is 5.10 Å². The molecule has 1 aromatic heterocycles. The maximum absolute atomic E-state index is 4.36. The van der Waals surface area contributed by atoms with E-state index in [2.05, 4.69) is 39.3 Å². The van der Waals surface area contributed by atoms with E-state index in [0.29, 0.717) is 0 Å². The van der Waals surface area contributed by atoms with E-state index in [1.165, 1.54) is 30.5 Å². The summed E-state index contributed by atoms with van der Waals surface area (Å²) in [5.74, 6) is 0. The van der Waals surface area contributed by atoms with Gasteiger partial charge in [0.1, 0.15) is 0 Å². The maximum atomic E-state index is 4.36. The molecule has 2 nitrogen and oxygen atoms in total. The van der Waals surface area contributed by atoms with Crippen molar-refractivity contribution in [3.8, 4) is 0 Å². The monoisotopic (exact) mass is 276 g/mol. The number of aromatic nitrogens is 2. The molecule has 1 aromatic rings. The standard InChI is InChI=1S/C9H13IN2/c1-2-12-9-4-3-8(10)5-7(9)6-11-12/h6,8H,2-5H2,1H3/t8-/m1/s1. The zero-order valence-corrected chi connectivity index (χ0v) is 9.41. The molecular weight excluding hydrogens is 263 g/mol. The number of aryl methyl sites for hydroxylation is 1. The molecule has 0 fully saturated rings. The molecule has 0 saturated heterocycles. The van der Waals surface area contributed by atoms with Crippen molar-refractivity contribution in [3.05, 3.63) is 17.5 Å². The summed E-state index contributed by atoms with van der Waals surface area (Å²) in [4.78, 5) is 0. The van der Waals surface area contributed by atoms with Crippen LogP contribution < -0.4 is 0 Å².